The number of hydrogen-bond acceptors (Lipinski definition) is 3. The zero-order valence-corrected chi connectivity index (χ0v) is 12.1. The van der Waals surface area contributed by atoms with Gasteiger partial charge in [0.05, 0.1) is 13.1 Å². The summed E-state index contributed by atoms with van der Waals surface area (Å²) in [4.78, 5) is 24.8. The van der Waals surface area contributed by atoms with Gasteiger partial charge in [-0.2, -0.15) is 0 Å². The molecule has 3 N–H and O–H groups in total. The molecule has 1 heterocycles. The maximum absolute atomic E-state index is 12.0. The zero-order valence-electron chi connectivity index (χ0n) is 10.5. The third-order valence-electron chi connectivity index (χ3n) is 3.18. The summed E-state index contributed by atoms with van der Waals surface area (Å²) in [7, 11) is 0. The molecule has 5 nitrogen and oxygen atoms in total. The molecule has 1 aromatic carbocycles. The highest BCUT2D eigenvalue weighted by molar-refractivity contribution is 9.10. The van der Waals surface area contributed by atoms with E-state index in [1.807, 2.05) is 18.2 Å². The summed E-state index contributed by atoms with van der Waals surface area (Å²) in [6.07, 6.45) is 0.827. The molecule has 2 rings (SSSR count). The van der Waals surface area contributed by atoms with Crippen LogP contribution in [0.1, 0.15) is 11.1 Å². The van der Waals surface area contributed by atoms with Gasteiger partial charge in [-0.1, -0.05) is 28.1 Å². The van der Waals surface area contributed by atoms with Gasteiger partial charge >= 0.3 is 0 Å². The van der Waals surface area contributed by atoms with Crippen molar-refractivity contribution in [2.75, 3.05) is 19.6 Å². The molecule has 0 fully saturated rings. The van der Waals surface area contributed by atoms with Crippen molar-refractivity contribution < 1.29 is 9.59 Å². The molecule has 0 unspecified atom stereocenters. The van der Waals surface area contributed by atoms with Gasteiger partial charge in [0.25, 0.3) is 0 Å². The number of nitrogens with two attached hydrogens (primary N) is 1. The molecule has 102 valence electrons. The number of fused-ring (bicyclic) bond motifs is 1. The van der Waals surface area contributed by atoms with E-state index in [9.17, 15) is 9.59 Å². The average molecular weight is 326 g/mol. The van der Waals surface area contributed by atoms with Crippen LogP contribution in [0, 0.1) is 0 Å². The van der Waals surface area contributed by atoms with E-state index in [1.165, 1.54) is 5.56 Å². The molecule has 0 atom stereocenters. The van der Waals surface area contributed by atoms with Gasteiger partial charge in [-0.3, -0.25) is 9.59 Å². The van der Waals surface area contributed by atoms with Crippen molar-refractivity contribution in [1.82, 2.24) is 10.2 Å². The fourth-order valence-electron chi connectivity index (χ4n) is 2.13. The quantitative estimate of drug-likeness (QED) is 0.845. The fraction of sp³-hybridized carbons (Fsp3) is 0.385. The lowest BCUT2D eigenvalue weighted by atomic mass is 10.00. The normalized spacial score (nSPS) is 13.9. The number of halogens is 1. The first kappa shape index (κ1) is 14.0. The number of rotatable bonds is 3. The minimum atomic E-state index is -0.312. The molecule has 6 heteroatoms. The second-order valence-electron chi connectivity index (χ2n) is 4.42. The van der Waals surface area contributed by atoms with Crippen LogP contribution in [0.2, 0.25) is 0 Å². The summed E-state index contributed by atoms with van der Waals surface area (Å²) < 4.78 is 1.09. The predicted molar refractivity (Wildman–Crippen MR) is 75.3 cm³/mol. The molecule has 0 bridgehead atoms. The van der Waals surface area contributed by atoms with Crippen molar-refractivity contribution in [3.05, 3.63) is 33.8 Å². The first-order valence-corrected chi connectivity index (χ1v) is 6.92. The standard InChI is InChI=1S/C13H16BrN3O2/c14-11-3-1-2-9-8-17(5-4-10(9)11)13(19)7-16-12(18)6-15/h1-3H,4-8,15H2,(H,16,18). The average Bonchev–Trinajstić information content (AvgIpc) is 2.44. The third-order valence-corrected chi connectivity index (χ3v) is 3.93. The fourth-order valence-corrected chi connectivity index (χ4v) is 2.74. The molecule has 0 saturated carbocycles. The minimum absolute atomic E-state index is 0.0133. The van der Waals surface area contributed by atoms with Gasteiger partial charge < -0.3 is 16.0 Å². The Morgan fingerprint density at radius 1 is 1.42 bits per heavy atom. The van der Waals surface area contributed by atoms with E-state index >= 15 is 0 Å². The second-order valence-corrected chi connectivity index (χ2v) is 5.28. The molecular formula is C13H16BrN3O2. The van der Waals surface area contributed by atoms with Gasteiger partial charge in [-0.25, -0.2) is 0 Å². The van der Waals surface area contributed by atoms with E-state index in [0.717, 1.165) is 16.5 Å². The van der Waals surface area contributed by atoms with Crippen molar-refractivity contribution in [3.63, 3.8) is 0 Å². The lowest BCUT2D eigenvalue weighted by molar-refractivity contribution is -0.133. The maximum atomic E-state index is 12.0. The monoisotopic (exact) mass is 325 g/mol. The maximum Gasteiger partial charge on any atom is 0.242 e. The smallest absolute Gasteiger partial charge is 0.242 e. The summed E-state index contributed by atoms with van der Waals surface area (Å²) >= 11 is 3.52. The van der Waals surface area contributed by atoms with E-state index in [2.05, 4.69) is 21.2 Å². The van der Waals surface area contributed by atoms with Crippen LogP contribution in [-0.4, -0.2) is 36.3 Å². The minimum Gasteiger partial charge on any atom is -0.346 e. The molecule has 1 aromatic rings. The number of benzene rings is 1. The molecular weight excluding hydrogens is 310 g/mol. The Balaban J connectivity index is 1.98. The summed E-state index contributed by atoms with van der Waals surface area (Å²) in [5.74, 6) is -0.388. The summed E-state index contributed by atoms with van der Waals surface area (Å²) in [5.41, 5.74) is 7.59. The number of carbonyl (C=O) groups excluding carboxylic acids is 2. The highest BCUT2D eigenvalue weighted by atomic mass is 79.9. The van der Waals surface area contributed by atoms with Crippen LogP contribution in [0.5, 0.6) is 0 Å². The third kappa shape index (κ3) is 3.33. The van der Waals surface area contributed by atoms with E-state index in [1.54, 1.807) is 4.90 Å². The van der Waals surface area contributed by atoms with Crippen molar-refractivity contribution in [2.24, 2.45) is 5.73 Å². The molecule has 0 radical (unpaired) electrons. The number of carbonyl (C=O) groups is 2. The van der Waals surface area contributed by atoms with Crippen LogP contribution < -0.4 is 11.1 Å². The number of amides is 2. The topological polar surface area (TPSA) is 75.4 Å². The Labute approximate surface area is 120 Å². The van der Waals surface area contributed by atoms with E-state index in [4.69, 9.17) is 5.73 Å². The number of nitrogens with one attached hydrogen (secondary N) is 1. The zero-order chi connectivity index (χ0) is 13.8. The van der Waals surface area contributed by atoms with Crippen LogP contribution in [0.25, 0.3) is 0 Å². The van der Waals surface area contributed by atoms with Crippen molar-refractivity contribution in [2.45, 2.75) is 13.0 Å². The van der Waals surface area contributed by atoms with Crippen LogP contribution in [-0.2, 0) is 22.6 Å². The van der Waals surface area contributed by atoms with Crippen LogP contribution >= 0.6 is 15.9 Å². The van der Waals surface area contributed by atoms with E-state index in [0.29, 0.717) is 13.1 Å². The summed E-state index contributed by atoms with van der Waals surface area (Å²) in [5, 5.41) is 2.50. The first-order chi connectivity index (χ1) is 9.11. The van der Waals surface area contributed by atoms with Gasteiger partial charge in [0.2, 0.25) is 11.8 Å². The summed E-state index contributed by atoms with van der Waals surface area (Å²) in [6.45, 7) is 1.18. The highest BCUT2D eigenvalue weighted by Crippen LogP contribution is 2.26. The van der Waals surface area contributed by atoms with Gasteiger partial charge in [-0.05, 0) is 23.6 Å². The van der Waals surface area contributed by atoms with E-state index < -0.39 is 0 Å². The van der Waals surface area contributed by atoms with Crippen LogP contribution in [0.15, 0.2) is 22.7 Å². The van der Waals surface area contributed by atoms with Crippen molar-refractivity contribution >= 4 is 27.7 Å². The predicted octanol–water partition coefficient (Wildman–Crippen LogP) is 0.409. The Morgan fingerprint density at radius 2 is 2.21 bits per heavy atom. The molecule has 1 aliphatic heterocycles. The molecule has 19 heavy (non-hydrogen) atoms. The van der Waals surface area contributed by atoms with E-state index in [-0.39, 0.29) is 24.9 Å². The van der Waals surface area contributed by atoms with Gasteiger partial charge in [0.1, 0.15) is 0 Å². The van der Waals surface area contributed by atoms with Gasteiger partial charge in [0, 0.05) is 17.6 Å². The van der Waals surface area contributed by atoms with Crippen LogP contribution in [0.4, 0.5) is 0 Å². The van der Waals surface area contributed by atoms with Crippen molar-refractivity contribution in [1.29, 1.82) is 0 Å². The highest BCUT2D eigenvalue weighted by Gasteiger charge is 2.21. The molecule has 0 saturated heterocycles. The van der Waals surface area contributed by atoms with Gasteiger partial charge in [0.15, 0.2) is 0 Å². The lowest BCUT2D eigenvalue weighted by Gasteiger charge is -2.29. The molecule has 0 spiro atoms. The Bertz CT molecular complexity index is 505. The molecule has 1 aliphatic rings. The largest absolute Gasteiger partial charge is 0.346 e. The second kappa shape index (κ2) is 6.16. The van der Waals surface area contributed by atoms with Crippen LogP contribution in [0.3, 0.4) is 0 Å². The number of hydrogen-bond donors (Lipinski definition) is 2. The Morgan fingerprint density at radius 3 is 2.95 bits per heavy atom. The molecule has 2 amide bonds. The number of nitrogens with zero attached hydrogens (tertiary/aromatic N) is 1. The first-order valence-electron chi connectivity index (χ1n) is 6.12. The Kier molecular flexibility index (Phi) is 4.55. The van der Waals surface area contributed by atoms with Crippen molar-refractivity contribution in [3.8, 4) is 0 Å². The SMILES string of the molecule is NCC(=O)NCC(=O)N1CCc2c(Br)cccc2C1. The molecule has 0 aliphatic carbocycles. The van der Waals surface area contributed by atoms with Gasteiger partial charge in [-0.15, -0.1) is 0 Å². The lowest BCUT2D eigenvalue weighted by Crippen LogP contribution is -2.43. The molecule has 0 aromatic heterocycles. The summed E-state index contributed by atoms with van der Waals surface area (Å²) in [6, 6.07) is 6.00. The Hall–Kier alpha value is -1.40.